The van der Waals surface area contributed by atoms with Crippen LogP contribution in [0.5, 0.6) is 0 Å². The minimum Gasteiger partial charge on any atom is -0.348 e. The first-order valence-corrected chi connectivity index (χ1v) is 9.25. The van der Waals surface area contributed by atoms with E-state index >= 15 is 0 Å². The fourth-order valence-corrected chi connectivity index (χ4v) is 3.09. The van der Waals surface area contributed by atoms with Crippen LogP contribution in [0.25, 0.3) is 11.4 Å². The highest BCUT2D eigenvalue weighted by atomic mass is 35.5. The van der Waals surface area contributed by atoms with E-state index in [0.29, 0.717) is 0 Å². The topological polar surface area (TPSA) is 119 Å². The van der Waals surface area contributed by atoms with Gasteiger partial charge in [0.1, 0.15) is 5.69 Å². The van der Waals surface area contributed by atoms with Crippen LogP contribution in [0, 0.1) is 5.82 Å². The summed E-state index contributed by atoms with van der Waals surface area (Å²) in [4.78, 5) is 12.5. The van der Waals surface area contributed by atoms with Crippen LogP contribution in [0.4, 0.5) is 17.6 Å². The molecule has 0 aromatic carbocycles. The van der Waals surface area contributed by atoms with Crippen LogP contribution < -0.4 is 11.1 Å². The van der Waals surface area contributed by atoms with Crippen molar-refractivity contribution in [3.8, 4) is 11.4 Å². The van der Waals surface area contributed by atoms with Crippen LogP contribution in [0.1, 0.15) is 25.1 Å². The Morgan fingerprint density at radius 2 is 2.00 bits per heavy atom. The van der Waals surface area contributed by atoms with Gasteiger partial charge in [0.15, 0.2) is 11.5 Å². The van der Waals surface area contributed by atoms with Crippen LogP contribution in [0.15, 0.2) is 24.7 Å². The highest BCUT2D eigenvalue weighted by molar-refractivity contribution is 5.85. The molecule has 3 rings (SSSR count). The molecule has 1 atom stereocenters. The summed E-state index contributed by atoms with van der Waals surface area (Å²) >= 11 is 0. The highest BCUT2D eigenvalue weighted by Gasteiger charge is 2.36. The van der Waals surface area contributed by atoms with E-state index < -0.39 is 35.2 Å². The number of alkyl halides is 3. The molecule has 0 aliphatic heterocycles. The Hall–Kier alpha value is -2.93. The average molecular weight is 479 g/mol. The third kappa shape index (κ3) is 5.85. The quantitative estimate of drug-likeness (QED) is 0.449. The summed E-state index contributed by atoms with van der Waals surface area (Å²) in [6.07, 6.45) is -0.321. The number of amides is 1. The lowest BCUT2D eigenvalue weighted by Crippen LogP contribution is -2.53. The van der Waals surface area contributed by atoms with Crippen LogP contribution in [0.3, 0.4) is 0 Å². The molecular weight excluding hydrogens is 456 g/mol. The average Bonchev–Trinajstić information content (AvgIpc) is 3.34. The summed E-state index contributed by atoms with van der Waals surface area (Å²) in [5, 5.41) is 16.1. The molecule has 0 bridgehead atoms. The number of halogens is 5. The molecule has 0 spiro atoms. The number of aromatic nitrogens is 6. The van der Waals surface area contributed by atoms with Crippen LogP contribution >= 0.6 is 12.4 Å². The molecule has 14 heteroatoms. The molecule has 0 aliphatic carbocycles. The maximum Gasteiger partial charge on any atom is 0.435 e. The second-order valence-electron chi connectivity index (χ2n) is 7.87. The van der Waals surface area contributed by atoms with E-state index in [4.69, 9.17) is 5.73 Å². The predicted molar refractivity (Wildman–Crippen MR) is 109 cm³/mol. The Morgan fingerprint density at radius 3 is 2.53 bits per heavy atom. The predicted octanol–water partition coefficient (Wildman–Crippen LogP) is 2.05. The first-order valence-electron chi connectivity index (χ1n) is 9.25. The van der Waals surface area contributed by atoms with Crippen molar-refractivity contribution in [2.24, 2.45) is 12.8 Å². The number of hydrogen-bond acceptors (Lipinski definition) is 5. The molecule has 0 aliphatic rings. The number of nitrogens with zero attached hydrogens (tertiary/aromatic N) is 5. The van der Waals surface area contributed by atoms with Crippen LogP contribution in [-0.2, 0) is 31.0 Å². The third-order valence-corrected chi connectivity index (χ3v) is 4.48. The van der Waals surface area contributed by atoms with Gasteiger partial charge in [0, 0.05) is 13.2 Å². The number of nitrogens with one attached hydrogen (secondary N) is 2. The fourth-order valence-electron chi connectivity index (χ4n) is 3.09. The number of aryl methyl sites for hydroxylation is 1. The van der Waals surface area contributed by atoms with Crippen molar-refractivity contribution in [1.82, 2.24) is 35.1 Å². The number of hydrogen-bond donors (Lipinski definition) is 3. The lowest BCUT2D eigenvalue weighted by Gasteiger charge is -2.28. The minimum atomic E-state index is -4.73. The van der Waals surface area contributed by atoms with Gasteiger partial charge in [0.05, 0.1) is 36.2 Å². The molecule has 3 aromatic heterocycles. The molecule has 3 aromatic rings. The highest BCUT2D eigenvalue weighted by Crippen LogP contribution is 2.32. The number of aromatic amines is 1. The molecule has 32 heavy (non-hydrogen) atoms. The van der Waals surface area contributed by atoms with Crippen molar-refractivity contribution in [1.29, 1.82) is 0 Å². The van der Waals surface area contributed by atoms with Crippen molar-refractivity contribution in [3.63, 3.8) is 0 Å². The Bertz CT molecular complexity index is 1070. The summed E-state index contributed by atoms with van der Waals surface area (Å²) in [6, 6.07) is -0.167. The van der Waals surface area contributed by atoms with Gasteiger partial charge in [-0.15, -0.1) is 12.4 Å². The summed E-state index contributed by atoms with van der Waals surface area (Å²) in [6.45, 7) is 3.02. The molecule has 0 fully saturated rings. The second kappa shape index (κ2) is 9.28. The third-order valence-electron chi connectivity index (χ3n) is 4.48. The monoisotopic (exact) mass is 478 g/mol. The summed E-state index contributed by atoms with van der Waals surface area (Å²) in [5.41, 5.74) is 4.10. The summed E-state index contributed by atoms with van der Waals surface area (Å²) in [5.74, 6) is -1.32. The Balaban J connectivity index is 0.00000363. The molecule has 3 heterocycles. The molecule has 0 saturated carbocycles. The molecule has 1 amide bonds. The number of nitrogens with two attached hydrogens (primary N) is 1. The molecule has 0 unspecified atom stereocenters. The summed E-state index contributed by atoms with van der Waals surface area (Å²) in [7, 11) is 1.73. The minimum absolute atomic E-state index is 0. The first-order chi connectivity index (χ1) is 14.4. The van der Waals surface area contributed by atoms with Gasteiger partial charge in [0.25, 0.3) is 0 Å². The van der Waals surface area contributed by atoms with E-state index in [1.807, 2.05) is 0 Å². The van der Waals surface area contributed by atoms with Gasteiger partial charge in [-0.1, -0.05) is 0 Å². The Morgan fingerprint density at radius 1 is 1.31 bits per heavy atom. The van der Waals surface area contributed by atoms with Gasteiger partial charge in [-0.3, -0.25) is 19.3 Å². The van der Waals surface area contributed by atoms with E-state index in [1.54, 1.807) is 38.0 Å². The zero-order valence-electron chi connectivity index (χ0n) is 17.4. The second-order valence-corrected chi connectivity index (χ2v) is 7.87. The van der Waals surface area contributed by atoms with E-state index in [1.165, 1.54) is 0 Å². The van der Waals surface area contributed by atoms with Crippen molar-refractivity contribution >= 4 is 18.3 Å². The van der Waals surface area contributed by atoms with Crippen molar-refractivity contribution in [2.75, 3.05) is 0 Å². The van der Waals surface area contributed by atoms with E-state index in [2.05, 4.69) is 25.7 Å². The van der Waals surface area contributed by atoms with Crippen molar-refractivity contribution in [2.45, 2.75) is 44.6 Å². The molecule has 176 valence electrons. The van der Waals surface area contributed by atoms with Gasteiger partial charge in [0.2, 0.25) is 5.91 Å². The summed E-state index contributed by atoms with van der Waals surface area (Å²) < 4.78 is 56.1. The maximum absolute atomic E-state index is 14.0. The van der Waals surface area contributed by atoms with Gasteiger partial charge < -0.3 is 11.1 Å². The molecule has 4 N–H and O–H groups in total. The first kappa shape index (κ1) is 25.3. The van der Waals surface area contributed by atoms with Crippen LogP contribution in [0.2, 0.25) is 0 Å². The Kier molecular flexibility index (Phi) is 7.35. The van der Waals surface area contributed by atoms with Gasteiger partial charge in [-0.2, -0.15) is 28.5 Å². The van der Waals surface area contributed by atoms with Gasteiger partial charge in [-0.05, 0) is 31.9 Å². The lowest BCUT2D eigenvalue weighted by molar-refractivity contribution is -0.141. The zero-order valence-corrected chi connectivity index (χ0v) is 18.3. The molecule has 0 saturated heterocycles. The van der Waals surface area contributed by atoms with E-state index in [0.717, 1.165) is 22.5 Å². The Labute approximate surface area is 186 Å². The standard InChI is InChI=1S/C18H22F4N8O.ClH/c1-17(2,26-16(31)12(23)4-10-6-25-29(3)8-10)9-30-13(15-11(19)7-24-27-15)5-14(28-30)18(20,21)22;/h5-8,12H,4,9,23H2,1-3H3,(H,24,27)(H,26,31);1H/t12-;/m1./s1. The zero-order chi connectivity index (χ0) is 23.0. The largest absolute Gasteiger partial charge is 0.435 e. The normalized spacial score (nSPS) is 13.0. The van der Waals surface area contributed by atoms with E-state index in [9.17, 15) is 22.4 Å². The number of carbonyl (C=O) groups excluding carboxylic acids is 1. The molecular formula is C18H23ClF4N8O. The van der Waals surface area contributed by atoms with Crippen molar-refractivity contribution in [3.05, 3.63) is 41.7 Å². The fraction of sp³-hybridized carbons (Fsp3) is 0.444. The van der Waals surface area contributed by atoms with Gasteiger partial charge in [-0.25, -0.2) is 4.39 Å². The number of H-pyrrole nitrogens is 1. The SMILES string of the molecule is Cl.Cn1cc(C[C@@H](N)C(=O)NC(C)(C)Cn2nc(C(F)(F)F)cc2-c2[nH]ncc2F)cn1. The van der Waals surface area contributed by atoms with Gasteiger partial charge >= 0.3 is 6.18 Å². The van der Waals surface area contributed by atoms with E-state index in [-0.39, 0.29) is 36.8 Å². The lowest BCUT2D eigenvalue weighted by atomic mass is 10.0. The number of rotatable bonds is 7. The maximum atomic E-state index is 14.0. The van der Waals surface area contributed by atoms with Crippen molar-refractivity contribution < 1.29 is 22.4 Å². The molecule has 9 nitrogen and oxygen atoms in total. The molecule has 0 radical (unpaired) electrons. The smallest absolute Gasteiger partial charge is 0.348 e. The number of carbonyl (C=O) groups is 1. The van der Waals surface area contributed by atoms with Crippen LogP contribution in [-0.4, -0.2) is 47.2 Å².